The van der Waals surface area contributed by atoms with Gasteiger partial charge < -0.3 is 10.4 Å². The fourth-order valence-electron chi connectivity index (χ4n) is 1.49. The Morgan fingerprint density at radius 3 is 2.84 bits per heavy atom. The van der Waals surface area contributed by atoms with Gasteiger partial charge in [-0.1, -0.05) is 18.0 Å². The summed E-state index contributed by atoms with van der Waals surface area (Å²) in [7, 11) is 0. The highest BCUT2D eigenvalue weighted by Gasteiger charge is 2.15. The number of anilines is 1. The van der Waals surface area contributed by atoms with E-state index in [1.807, 2.05) is 0 Å². The molecule has 19 heavy (non-hydrogen) atoms. The van der Waals surface area contributed by atoms with Gasteiger partial charge in [0.25, 0.3) is 0 Å². The molecule has 0 aliphatic carbocycles. The van der Waals surface area contributed by atoms with E-state index in [-0.39, 0.29) is 22.9 Å². The van der Waals surface area contributed by atoms with Gasteiger partial charge in [-0.05, 0) is 12.8 Å². The normalized spacial score (nSPS) is 10.2. The number of carbonyl (C=O) groups is 1. The van der Waals surface area contributed by atoms with Gasteiger partial charge in [-0.3, -0.25) is 14.9 Å². The summed E-state index contributed by atoms with van der Waals surface area (Å²) in [4.78, 5) is 24.4. The summed E-state index contributed by atoms with van der Waals surface area (Å²) in [5.74, 6) is -0.643. The Labute approximate surface area is 114 Å². The number of carboxylic acids is 1. The average Bonchev–Trinajstić information content (AvgIpc) is 2.34. The summed E-state index contributed by atoms with van der Waals surface area (Å²) >= 11 is 5.64. The zero-order chi connectivity index (χ0) is 14.3. The van der Waals surface area contributed by atoms with E-state index in [2.05, 4.69) is 10.3 Å². The van der Waals surface area contributed by atoms with Crippen LogP contribution in [0, 0.1) is 10.1 Å². The Kier molecular flexibility index (Phi) is 6.01. The number of aliphatic carboxylic acids is 1. The van der Waals surface area contributed by atoms with Crippen molar-refractivity contribution in [3.8, 4) is 0 Å². The second-order valence-electron chi connectivity index (χ2n) is 3.91. The zero-order valence-electron chi connectivity index (χ0n) is 10.1. The van der Waals surface area contributed by atoms with Crippen molar-refractivity contribution in [1.29, 1.82) is 0 Å². The van der Waals surface area contributed by atoms with Crippen LogP contribution in [-0.2, 0) is 4.79 Å². The lowest BCUT2D eigenvalue weighted by Crippen LogP contribution is -2.06. The van der Waals surface area contributed by atoms with Crippen molar-refractivity contribution in [1.82, 2.24) is 4.98 Å². The molecule has 0 unspecified atom stereocenters. The first-order chi connectivity index (χ1) is 9.00. The largest absolute Gasteiger partial charge is 0.481 e. The van der Waals surface area contributed by atoms with Crippen LogP contribution in [0.3, 0.4) is 0 Å². The Bertz CT molecular complexity index is 467. The van der Waals surface area contributed by atoms with Crippen molar-refractivity contribution in [2.45, 2.75) is 25.7 Å². The third kappa shape index (κ3) is 5.52. The van der Waals surface area contributed by atoms with Crippen molar-refractivity contribution in [2.24, 2.45) is 0 Å². The second kappa shape index (κ2) is 7.52. The van der Waals surface area contributed by atoms with Gasteiger partial charge in [-0.2, -0.15) is 0 Å². The van der Waals surface area contributed by atoms with Crippen LogP contribution in [-0.4, -0.2) is 27.5 Å². The van der Waals surface area contributed by atoms with Gasteiger partial charge >= 0.3 is 11.7 Å². The Morgan fingerprint density at radius 2 is 2.21 bits per heavy atom. The molecule has 2 N–H and O–H groups in total. The van der Waals surface area contributed by atoms with Gasteiger partial charge in [0.05, 0.1) is 9.95 Å². The van der Waals surface area contributed by atoms with Crippen molar-refractivity contribution in [3.63, 3.8) is 0 Å². The molecule has 1 heterocycles. The molecule has 1 aromatic rings. The number of carboxylic acid groups (broad SMARTS) is 1. The smallest absolute Gasteiger partial charge is 0.312 e. The summed E-state index contributed by atoms with van der Waals surface area (Å²) in [5.41, 5.74) is -0.168. The first kappa shape index (κ1) is 15.2. The fourth-order valence-corrected chi connectivity index (χ4v) is 1.64. The average molecular weight is 288 g/mol. The number of nitrogens with one attached hydrogen (secondary N) is 1. The number of pyridine rings is 1. The summed E-state index contributed by atoms with van der Waals surface area (Å²) in [6.45, 7) is 0.495. The molecular formula is C11H14ClN3O4. The van der Waals surface area contributed by atoms with Crippen LogP contribution in [0.5, 0.6) is 0 Å². The molecule has 0 bridgehead atoms. The Morgan fingerprint density at radius 1 is 1.47 bits per heavy atom. The Balaban J connectivity index is 2.41. The molecule has 0 aromatic carbocycles. The number of rotatable bonds is 8. The molecule has 1 rings (SSSR count). The minimum absolute atomic E-state index is 0.138. The molecule has 0 atom stereocenters. The van der Waals surface area contributed by atoms with E-state index in [1.165, 1.54) is 12.3 Å². The highest BCUT2D eigenvalue weighted by atomic mass is 35.5. The number of nitro groups is 1. The van der Waals surface area contributed by atoms with E-state index in [4.69, 9.17) is 16.7 Å². The van der Waals surface area contributed by atoms with E-state index < -0.39 is 10.9 Å². The van der Waals surface area contributed by atoms with E-state index in [0.29, 0.717) is 13.0 Å². The minimum Gasteiger partial charge on any atom is -0.481 e. The molecule has 0 radical (unpaired) electrons. The predicted molar refractivity (Wildman–Crippen MR) is 70.5 cm³/mol. The van der Waals surface area contributed by atoms with Crippen LogP contribution in [0.4, 0.5) is 11.5 Å². The third-order valence-electron chi connectivity index (χ3n) is 2.39. The summed E-state index contributed by atoms with van der Waals surface area (Å²) in [5, 5.41) is 22.3. The molecule has 0 fully saturated rings. The predicted octanol–water partition coefficient (Wildman–Crippen LogP) is 2.70. The molecule has 8 heteroatoms. The number of hydrogen-bond donors (Lipinski definition) is 2. The SMILES string of the molecule is O=C(O)CCCCCNc1ncc(Cl)cc1[N+](=O)[O-]. The lowest BCUT2D eigenvalue weighted by atomic mass is 10.2. The van der Waals surface area contributed by atoms with Gasteiger partial charge in [0.1, 0.15) is 0 Å². The van der Waals surface area contributed by atoms with Crippen LogP contribution in [0.15, 0.2) is 12.3 Å². The van der Waals surface area contributed by atoms with Gasteiger partial charge in [0.2, 0.25) is 5.82 Å². The van der Waals surface area contributed by atoms with Gasteiger partial charge in [-0.25, -0.2) is 4.98 Å². The maximum absolute atomic E-state index is 10.8. The number of unbranched alkanes of at least 4 members (excludes halogenated alkanes) is 2. The van der Waals surface area contributed by atoms with Crippen molar-refractivity contribution in [2.75, 3.05) is 11.9 Å². The summed E-state index contributed by atoms with van der Waals surface area (Å²) in [6, 6.07) is 1.24. The van der Waals surface area contributed by atoms with Crippen molar-refractivity contribution < 1.29 is 14.8 Å². The molecule has 0 aliphatic heterocycles. The van der Waals surface area contributed by atoms with Crippen LogP contribution < -0.4 is 5.32 Å². The summed E-state index contributed by atoms with van der Waals surface area (Å²) in [6.07, 6.45) is 3.52. The Hall–Kier alpha value is -1.89. The van der Waals surface area contributed by atoms with E-state index in [1.54, 1.807) is 0 Å². The lowest BCUT2D eigenvalue weighted by Gasteiger charge is -2.05. The standard InChI is InChI=1S/C11H14ClN3O4/c12-8-6-9(15(18)19)11(14-7-8)13-5-3-1-2-4-10(16)17/h6-7H,1-5H2,(H,13,14)(H,16,17). The van der Waals surface area contributed by atoms with Crippen molar-refractivity contribution >= 4 is 29.1 Å². The van der Waals surface area contributed by atoms with E-state index >= 15 is 0 Å². The maximum Gasteiger partial charge on any atom is 0.312 e. The third-order valence-corrected chi connectivity index (χ3v) is 2.60. The molecule has 7 nitrogen and oxygen atoms in total. The first-order valence-corrected chi connectivity index (χ1v) is 6.14. The zero-order valence-corrected chi connectivity index (χ0v) is 10.9. The van der Waals surface area contributed by atoms with Gasteiger partial charge in [-0.15, -0.1) is 0 Å². The first-order valence-electron chi connectivity index (χ1n) is 5.76. The maximum atomic E-state index is 10.8. The number of nitrogens with zero attached hydrogens (tertiary/aromatic N) is 2. The quantitative estimate of drug-likeness (QED) is 0.432. The van der Waals surface area contributed by atoms with Gasteiger partial charge in [0.15, 0.2) is 0 Å². The van der Waals surface area contributed by atoms with Crippen LogP contribution in [0.1, 0.15) is 25.7 Å². The molecule has 0 aliphatic rings. The van der Waals surface area contributed by atoms with Crippen molar-refractivity contribution in [3.05, 3.63) is 27.4 Å². The number of aromatic nitrogens is 1. The van der Waals surface area contributed by atoms with Crippen LogP contribution in [0.25, 0.3) is 0 Å². The second-order valence-corrected chi connectivity index (χ2v) is 4.35. The summed E-state index contributed by atoms with van der Waals surface area (Å²) < 4.78 is 0. The lowest BCUT2D eigenvalue weighted by molar-refractivity contribution is -0.384. The topological polar surface area (TPSA) is 105 Å². The molecule has 1 aromatic heterocycles. The molecule has 0 spiro atoms. The highest BCUT2D eigenvalue weighted by Crippen LogP contribution is 2.24. The molecule has 0 amide bonds. The highest BCUT2D eigenvalue weighted by molar-refractivity contribution is 6.30. The van der Waals surface area contributed by atoms with Crippen LogP contribution >= 0.6 is 11.6 Å². The monoisotopic (exact) mass is 287 g/mol. The minimum atomic E-state index is -0.817. The van der Waals surface area contributed by atoms with Crippen LogP contribution in [0.2, 0.25) is 5.02 Å². The molecule has 0 saturated carbocycles. The molecule has 0 saturated heterocycles. The van der Waals surface area contributed by atoms with E-state index in [0.717, 1.165) is 12.8 Å². The number of hydrogen-bond acceptors (Lipinski definition) is 5. The fraction of sp³-hybridized carbons (Fsp3) is 0.455. The number of halogens is 1. The van der Waals surface area contributed by atoms with Gasteiger partial charge in [0, 0.05) is 25.2 Å². The molecule has 104 valence electrons. The van der Waals surface area contributed by atoms with E-state index in [9.17, 15) is 14.9 Å². The molecular weight excluding hydrogens is 274 g/mol.